The van der Waals surface area contributed by atoms with E-state index >= 15 is 0 Å². The summed E-state index contributed by atoms with van der Waals surface area (Å²) in [5, 5.41) is 10.2. The first kappa shape index (κ1) is 21.2. The number of ether oxygens (including phenoxy) is 4. The summed E-state index contributed by atoms with van der Waals surface area (Å²) in [5.74, 6) is 1.27. The first-order valence-corrected chi connectivity index (χ1v) is 8.77. The number of benzene rings is 1. The molecular formula is C21H27NO6. The predicted molar refractivity (Wildman–Crippen MR) is 107 cm³/mol. The molecule has 1 N–H and O–H groups in total. The van der Waals surface area contributed by atoms with Crippen LogP contribution in [0.1, 0.15) is 13.8 Å². The highest BCUT2D eigenvalue weighted by Gasteiger charge is 2.46. The monoisotopic (exact) mass is 389 g/mol. The van der Waals surface area contributed by atoms with Gasteiger partial charge in [-0.15, -0.1) is 0 Å². The smallest absolute Gasteiger partial charge is 0.232 e. The average Bonchev–Trinajstić information content (AvgIpc) is 2.70. The van der Waals surface area contributed by atoms with Crippen LogP contribution in [0.5, 0.6) is 17.2 Å². The number of hydrogen-bond donors (Lipinski definition) is 1. The van der Waals surface area contributed by atoms with Gasteiger partial charge < -0.3 is 29.0 Å². The molecule has 0 saturated carbocycles. The minimum absolute atomic E-state index is 0.0496. The van der Waals surface area contributed by atoms with Crippen LogP contribution < -0.4 is 19.1 Å². The van der Waals surface area contributed by atoms with Crippen molar-refractivity contribution in [3.63, 3.8) is 0 Å². The Morgan fingerprint density at radius 1 is 1.14 bits per heavy atom. The van der Waals surface area contributed by atoms with Crippen LogP contribution in [0.2, 0.25) is 0 Å². The summed E-state index contributed by atoms with van der Waals surface area (Å²) in [7, 11) is 6.02. The van der Waals surface area contributed by atoms with E-state index in [9.17, 15) is 9.90 Å². The van der Waals surface area contributed by atoms with E-state index in [1.54, 1.807) is 30.0 Å². The van der Waals surface area contributed by atoms with E-state index in [1.165, 1.54) is 34.5 Å². The number of carbonyl (C=O) groups is 1. The maximum Gasteiger partial charge on any atom is 0.232 e. The van der Waals surface area contributed by atoms with E-state index in [-0.39, 0.29) is 23.6 Å². The maximum absolute atomic E-state index is 12.6. The molecule has 1 saturated heterocycles. The molecule has 1 fully saturated rings. The Labute approximate surface area is 165 Å². The first-order valence-electron chi connectivity index (χ1n) is 8.77. The molecule has 7 nitrogen and oxygen atoms in total. The number of amides is 1. The molecule has 28 heavy (non-hydrogen) atoms. The van der Waals surface area contributed by atoms with Crippen LogP contribution in [0.25, 0.3) is 0 Å². The molecule has 0 bridgehead atoms. The summed E-state index contributed by atoms with van der Waals surface area (Å²) in [4.78, 5) is 14.2. The lowest BCUT2D eigenvalue weighted by Gasteiger charge is -2.46. The van der Waals surface area contributed by atoms with Gasteiger partial charge in [-0.3, -0.25) is 4.79 Å². The molecule has 0 aromatic heterocycles. The van der Waals surface area contributed by atoms with Crippen LogP contribution >= 0.6 is 0 Å². The van der Waals surface area contributed by atoms with Crippen molar-refractivity contribution in [2.24, 2.45) is 5.92 Å². The summed E-state index contributed by atoms with van der Waals surface area (Å²) >= 11 is 0. The molecule has 7 heteroatoms. The third kappa shape index (κ3) is 3.65. The molecule has 1 aliphatic heterocycles. The number of nitrogens with zero attached hydrogens (tertiary/aromatic N) is 1. The van der Waals surface area contributed by atoms with Crippen LogP contribution in [0.3, 0.4) is 0 Å². The van der Waals surface area contributed by atoms with Crippen LogP contribution in [0.4, 0.5) is 5.69 Å². The Balaban J connectivity index is 2.44. The molecule has 0 radical (unpaired) electrons. The molecule has 2 rings (SSSR count). The van der Waals surface area contributed by atoms with Gasteiger partial charge in [-0.2, -0.15) is 0 Å². The normalized spacial score (nSPS) is 19.8. The number of carbonyl (C=O) groups excluding carboxylic acids is 1. The highest BCUT2D eigenvalue weighted by molar-refractivity contribution is 6.04. The highest BCUT2D eigenvalue weighted by Crippen LogP contribution is 2.45. The van der Waals surface area contributed by atoms with Crippen molar-refractivity contribution in [3.05, 3.63) is 48.0 Å². The average molecular weight is 389 g/mol. The molecule has 0 unspecified atom stereocenters. The zero-order valence-corrected chi connectivity index (χ0v) is 17.1. The second-order valence-corrected chi connectivity index (χ2v) is 6.29. The zero-order valence-electron chi connectivity index (χ0n) is 17.1. The van der Waals surface area contributed by atoms with Crippen molar-refractivity contribution in [1.82, 2.24) is 0 Å². The van der Waals surface area contributed by atoms with Crippen LogP contribution in [-0.4, -0.2) is 45.5 Å². The SMILES string of the molecule is C=C(/C=C(O)\C(=C/C)OC)[C@@H]1[C@@H](C)C(=O)N1c1cc(OC)c(OC)c(OC)c1. The van der Waals surface area contributed by atoms with E-state index in [0.717, 1.165) is 0 Å². The summed E-state index contributed by atoms with van der Waals surface area (Å²) in [6, 6.07) is 3.09. The third-order valence-electron chi connectivity index (χ3n) is 4.74. The summed E-state index contributed by atoms with van der Waals surface area (Å²) in [6.07, 6.45) is 3.16. The second-order valence-electron chi connectivity index (χ2n) is 6.29. The van der Waals surface area contributed by atoms with Gasteiger partial charge >= 0.3 is 0 Å². The van der Waals surface area contributed by atoms with Gasteiger partial charge in [0.05, 0.1) is 46.1 Å². The van der Waals surface area contributed by atoms with E-state index in [2.05, 4.69) is 6.58 Å². The molecule has 0 aliphatic carbocycles. The lowest BCUT2D eigenvalue weighted by molar-refractivity contribution is -0.128. The fraction of sp³-hybridized carbons (Fsp3) is 0.381. The molecule has 1 aliphatic rings. The Morgan fingerprint density at radius 2 is 1.71 bits per heavy atom. The van der Waals surface area contributed by atoms with Crippen molar-refractivity contribution in [2.75, 3.05) is 33.3 Å². The quantitative estimate of drug-likeness (QED) is 0.416. The number of rotatable bonds is 8. The van der Waals surface area contributed by atoms with E-state index in [1.807, 2.05) is 6.92 Å². The van der Waals surface area contributed by atoms with Gasteiger partial charge in [-0.25, -0.2) is 0 Å². The molecule has 1 amide bonds. The molecular weight excluding hydrogens is 362 g/mol. The standard InChI is InChI=1S/C21H27NO6/c1-8-16(25-4)15(23)9-12(2)19-13(3)21(24)22(19)14-10-17(26-5)20(28-7)18(11-14)27-6/h8-11,13,19,23H,2H2,1,3-7H3/b15-9+,16-8+/t13-,19-/m1/s1. The minimum atomic E-state index is -0.326. The summed E-state index contributed by atoms with van der Waals surface area (Å²) in [6.45, 7) is 7.62. The molecule has 152 valence electrons. The third-order valence-corrected chi connectivity index (χ3v) is 4.74. The molecule has 1 heterocycles. The number of hydrogen-bond acceptors (Lipinski definition) is 6. The minimum Gasteiger partial charge on any atom is -0.504 e. The summed E-state index contributed by atoms with van der Waals surface area (Å²) in [5.41, 5.74) is 1.17. The molecule has 0 spiro atoms. The van der Waals surface area contributed by atoms with Crippen LogP contribution in [-0.2, 0) is 9.53 Å². The number of aliphatic hydroxyl groups is 1. The Hall–Kier alpha value is -3.09. The van der Waals surface area contributed by atoms with Crippen LogP contribution in [0.15, 0.2) is 48.0 Å². The van der Waals surface area contributed by atoms with Crippen molar-refractivity contribution < 1.29 is 28.8 Å². The topological polar surface area (TPSA) is 77.5 Å². The Morgan fingerprint density at radius 3 is 2.14 bits per heavy atom. The van der Waals surface area contributed by atoms with Gasteiger partial charge in [-0.05, 0) is 24.6 Å². The van der Waals surface area contributed by atoms with Crippen molar-refractivity contribution in [1.29, 1.82) is 0 Å². The zero-order chi connectivity index (χ0) is 21.0. The second kappa shape index (κ2) is 8.73. The van der Waals surface area contributed by atoms with E-state index in [4.69, 9.17) is 18.9 Å². The van der Waals surface area contributed by atoms with Crippen molar-refractivity contribution in [3.8, 4) is 17.2 Å². The lowest BCUT2D eigenvalue weighted by atomic mass is 9.83. The molecule has 1 aromatic rings. The van der Waals surface area contributed by atoms with Crippen molar-refractivity contribution in [2.45, 2.75) is 19.9 Å². The maximum atomic E-state index is 12.6. The molecule has 2 atom stereocenters. The number of aliphatic hydroxyl groups excluding tert-OH is 1. The molecule has 1 aromatic carbocycles. The van der Waals surface area contributed by atoms with Gasteiger partial charge in [0.15, 0.2) is 23.0 Å². The largest absolute Gasteiger partial charge is 0.504 e. The summed E-state index contributed by atoms with van der Waals surface area (Å²) < 4.78 is 21.2. The van der Waals surface area contributed by atoms with Gasteiger partial charge in [0.2, 0.25) is 11.7 Å². The van der Waals surface area contributed by atoms with E-state index in [0.29, 0.717) is 34.3 Å². The van der Waals surface area contributed by atoms with Gasteiger partial charge in [0, 0.05) is 12.1 Å². The number of β-lactam (4-membered cyclic amide) rings is 1. The Kier molecular flexibility index (Phi) is 6.62. The van der Waals surface area contributed by atoms with Gasteiger partial charge in [0.1, 0.15) is 0 Å². The van der Waals surface area contributed by atoms with Crippen LogP contribution in [0, 0.1) is 5.92 Å². The highest BCUT2D eigenvalue weighted by atomic mass is 16.5. The number of allylic oxidation sites excluding steroid dienone is 1. The number of methoxy groups -OCH3 is 4. The predicted octanol–water partition coefficient (Wildman–Crippen LogP) is 3.61. The van der Waals surface area contributed by atoms with Gasteiger partial charge in [0.25, 0.3) is 0 Å². The Bertz CT molecular complexity index is 801. The van der Waals surface area contributed by atoms with Crippen molar-refractivity contribution >= 4 is 11.6 Å². The van der Waals surface area contributed by atoms with E-state index < -0.39 is 0 Å². The van der Waals surface area contributed by atoms with Gasteiger partial charge in [-0.1, -0.05) is 13.5 Å². The number of anilines is 1. The fourth-order valence-electron chi connectivity index (χ4n) is 3.32. The fourth-order valence-corrected chi connectivity index (χ4v) is 3.32. The lowest BCUT2D eigenvalue weighted by Crippen LogP contribution is -2.60. The first-order chi connectivity index (χ1) is 13.3.